The molecule has 0 aliphatic carbocycles. The molecule has 0 bridgehead atoms. The van der Waals surface area contributed by atoms with Gasteiger partial charge in [-0.05, 0) is 62.0 Å². The van der Waals surface area contributed by atoms with E-state index in [0.717, 1.165) is 24.0 Å². The number of nitrogens with zero attached hydrogens (tertiary/aromatic N) is 1. The molecule has 1 aliphatic rings. The minimum absolute atomic E-state index is 0.356. The minimum atomic E-state index is 0.356. The number of piperidine rings is 1. The largest absolute Gasteiger partial charge is 0.316 e. The topological polar surface area (TPSA) is 15.3 Å². The van der Waals surface area contributed by atoms with Gasteiger partial charge in [0.25, 0.3) is 0 Å². The Morgan fingerprint density at radius 3 is 2.60 bits per heavy atom. The molecule has 1 aromatic rings. The van der Waals surface area contributed by atoms with Crippen molar-refractivity contribution in [2.45, 2.75) is 33.2 Å². The maximum Gasteiger partial charge on any atom is 0.0406 e. The van der Waals surface area contributed by atoms with Crippen molar-refractivity contribution >= 4 is 11.6 Å². The summed E-state index contributed by atoms with van der Waals surface area (Å²) in [6.45, 7) is 9.28. The second-order valence-corrected chi connectivity index (χ2v) is 7.27. The minimum Gasteiger partial charge on any atom is -0.316 e. The number of nitrogens with one attached hydrogen (secondary N) is 1. The Morgan fingerprint density at radius 2 is 2.00 bits per heavy atom. The predicted molar refractivity (Wildman–Crippen MR) is 87.2 cm³/mol. The SMILES string of the molecule is CN(Cc1ccc(Cl)cc1)CC(C)(C)C1CCCNC1. The van der Waals surface area contributed by atoms with E-state index >= 15 is 0 Å². The van der Waals surface area contributed by atoms with Crippen LogP contribution in [0, 0.1) is 11.3 Å². The Morgan fingerprint density at radius 1 is 1.30 bits per heavy atom. The highest BCUT2D eigenvalue weighted by molar-refractivity contribution is 6.30. The molecule has 112 valence electrons. The monoisotopic (exact) mass is 294 g/mol. The van der Waals surface area contributed by atoms with Crippen molar-refractivity contribution in [2.24, 2.45) is 11.3 Å². The summed E-state index contributed by atoms with van der Waals surface area (Å²) in [7, 11) is 2.21. The Labute approximate surface area is 128 Å². The van der Waals surface area contributed by atoms with Gasteiger partial charge >= 0.3 is 0 Å². The first kappa shape index (κ1) is 15.8. The first-order valence-corrected chi connectivity index (χ1v) is 7.99. The molecule has 1 saturated heterocycles. The Bertz CT molecular complexity index is 408. The predicted octanol–water partition coefficient (Wildman–Crippen LogP) is 3.80. The van der Waals surface area contributed by atoms with Gasteiger partial charge in [-0.25, -0.2) is 0 Å². The third kappa shape index (κ3) is 4.47. The number of hydrogen-bond donors (Lipinski definition) is 1. The van der Waals surface area contributed by atoms with Crippen LogP contribution in [0.2, 0.25) is 5.02 Å². The van der Waals surface area contributed by atoms with Crippen LogP contribution >= 0.6 is 11.6 Å². The number of benzene rings is 1. The second-order valence-electron chi connectivity index (χ2n) is 6.83. The van der Waals surface area contributed by atoms with Gasteiger partial charge in [0, 0.05) is 18.1 Å². The maximum atomic E-state index is 5.94. The summed E-state index contributed by atoms with van der Waals surface area (Å²) in [5.41, 5.74) is 1.68. The summed E-state index contributed by atoms with van der Waals surface area (Å²) in [5.74, 6) is 0.781. The Balaban J connectivity index is 1.89. The van der Waals surface area contributed by atoms with E-state index in [1.165, 1.54) is 31.5 Å². The molecule has 0 saturated carbocycles. The van der Waals surface area contributed by atoms with Crippen LogP contribution in [0.25, 0.3) is 0 Å². The van der Waals surface area contributed by atoms with E-state index in [1.807, 2.05) is 12.1 Å². The van der Waals surface area contributed by atoms with Crippen molar-refractivity contribution in [1.29, 1.82) is 0 Å². The highest BCUT2D eigenvalue weighted by atomic mass is 35.5. The third-order valence-corrected chi connectivity index (χ3v) is 4.70. The van der Waals surface area contributed by atoms with E-state index < -0.39 is 0 Å². The average molecular weight is 295 g/mol. The number of hydrogen-bond acceptors (Lipinski definition) is 2. The van der Waals surface area contributed by atoms with Crippen LogP contribution in [0.15, 0.2) is 24.3 Å². The van der Waals surface area contributed by atoms with E-state index in [4.69, 9.17) is 11.6 Å². The van der Waals surface area contributed by atoms with Crippen LogP contribution in [0.4, 0.5) is 0 Å². The molecule has 1 atom stereocenters. The lowest BCUT2D eigenvalue weighted by molar-refractivity contribution is 0.111. The molecule has 0 amide bonds. The zero-order valence-electron chi connectivity index (χ0n) is 13.0. The van der Waals surface area contributed by atoms with Crippen molar-refractivity contribution in [3.8, 4) is 0 Å². The zero-order valence-corrected chi connectivity index (χ0v) is 13.7. The molecule has 1 fully saturated rings. The molecule has 1 aromatic carbocycles. The van der Waals surface area contributed by atoms with Crippen LogP contribution < -0.4 is 5.32 Å². The molecule has 0 radical (unpaired) electrons. The lowest BCUT2D eigenvalue weighted by Gasteiger charge is -2.40. The highest BCUT2D eigenvalue weighted by Crippen LogP contribution is 2.32. The smallest absolute Gasteiger partial charge is 0.0406 e. The van der Waals surface area contributed by atoms with Gasteiger partial charge in [-0.2, -0.15) is 0 Å². The van der Waals surface area contributed by atoms with E-state index in [9.17, 15) is 0 Å². The molecule has 1 N–H and O–H groups in total. The van der Waals surface area contributed by atoms with Crippen molar-refractivity contribution in [1.82, 2.24) is 10.2 Å². The first-order chi connectivity index (χ1) is 9.47. The molecular weight excluding hydrogens is 268 g/mol. The summed E-state index contributed by atoms with van der Waals surface area (Å²) in [5, 5.41) is 4.35. The van der Waals surface area contributed by atoms with Crippen molar-refractivity contribution in [3.05, 3.63) is 34.9 Å². The summed E-state index contributed by atoms with van der Waals surface area (Å²) in [4.78, 5) is 2.43. The van der Waals surface area contributed by atoms with Crippen LogP contribution in [-0.2, 0) is 6.54 Å². The van der Waals surface area contributed by atoms with E-state index in [-0.39, 0.29) is 0 Å². The van der Waals surface area contributed by atoms with Gasteiger partial charge in [-0.3, -0.25) is 0 Å². The molecule has 20 heavy (non-hydrogen) atoms. The van der Waals surface area contributed by atoms with Gasteiger partial charge in [0.15, 0.2) is 0 Å². The van der Waals surface area contributed by atoms with Gasteiger partial charge in [0.1, 0.15) is 0 Å². The molecular formula is C17H27ClN2. The average Bonchev–Trinajstić information content (AvgIpc) is 2.42. The zero-order chi connectivity index (χ0) is 14.6. The summed E-state index contributed by atoms with van der Waals surface area (Å²) in [6.07, 6.45) is 2.67. The standard InChI is InChI=1S/C17H27ClN2/c1-17(2,15-5-4-10-19-11-15)13-20(3)12-14-6-8-16(18)9-7-14/h6-9,15,19H,4-5,10-13H2,1-3H3. The summed E-state index contributed by atoms with van der Waals surface area (Å²) >= 11 is 5.94. The Kier molecular flexibility index (Phi) is 5.48. The number of halogens is 1. The maximum absolute atomic E-state index is 5.94. The quantitative estimate of drug-likeness (QED) is 0.889. The van der Waals surface area contributed by atoms with Crippen molar-refractivity contribution in [3.63, 3.8) is 0 Å². The van der Waals surface area contributed by atoms with Gasteiger partial charge in [-0.15, -0.1) is 0 Å². The van der Waals surface area contributed by atoms with Crippen molar-refractivity contribution < 1.29 is 0 Å². The van der Waals surface area contributed by atoms with Crippen LogP contribution in [0.3, 0.4) is 0 Å². The molecule has 3 heteroatoms. The highest BCUT2D eigenvalue weighted by Gasteiger charge is 2.31. The van der Waals surface area contributed by atoms with Crippen LogP contribution in [-0.4, -0.2) is 31.6 Å². The van der Waals surface area contributed by atoms with Gasteiger partial charge in [0.05, 0.1) is 0 Å². The molecule has 1 unspecified atom stereocenters. The first-order valence-electron chi connectivity index (χ1n) is 7.61. The van der Waals surface area contributed by atoms with E-state index in [0.29, 0.717) is 5.41 Å². The van der Waals surface area contributed by atoms with Crippen LogP contribution in [0.1, 0.15) is 32.3 Å². The van der Waals surface area contributed by atoms with Gasteiger partial charge in [-0.1, -0.05) is 37.6 Å². The van der Waals surface area contributed by atoms with Crippen molar-refractivity contribution in [2.75, 3.05) is 26.7 Å². The third-order valence-electron chi connectivity index (χ3n) is 4.45. The molecule has 2 rings (SSSR count). The summed E-state index contributed by atoms with van der Waals surface area (Å²) in [6, 6.07) is 8.18. The lowest BCUT2D eigenvalue weighted by Crippen LogP contribution is -2.43. The second kappa shape index (κ2) is 6.93. The summed E-state index contributed by atoms with van der Waals surface area (Å²) < 4.78 is 0. The van der Waals surface area contributed by atoms with E-state index in [2.05, 4.69) is 43.2 Å². The molecule has 0 spiro atoms. The normalized spacial score (nSPS) is 20.4. The number of rotatable bonds is 5. The Hall–Kier alpha value is -0.570. The fourth-order valence-electron chi connectivity index (χ4n) is 3.30. The van der Waals surface area contributed by atoms with E-state index in [1.54, 1.807) is 0 Å². The lowest BCUT2D eigenvalue weighted by atomic mass is 9.74. The molecule has 0 aromatic heterocycles. The fraction of sp³-hybridized carbons (Fsp3) is 0.647. The molecule has 1 heterocycles. The molecule has 2 nitrogen and oxygen atoms in total. The van der Waals surface area contributed by atoms with Gasteiger partial charge in [0.2, 0.25) is 0 Å². The van der Waals surface area contributed by atoms with Gasteiger partial charge < -0.3 is 10.2 Å². The fourth-order valence-corrected chi connectivity index (χ4v) is 3.43. The molecule has 1 aliphatic heterocycles. The van der Waals surface area contributed by atoms with Crippen LogP contribution in [0.5, 0.6) is 0 Å².